The van der Waals surface area contributed by atoms with Gasteiger partial charge in [-0.05, 0) is 73.0 Å². The molecule has 0 saturated heterocycles. The largest absolute Gasteiger partial charge is 0.497 e. The van der Waals surface area contributed by atoms with Crippen LogP contribution in [0, 0.1) is 4.77 Å². The summed E-state index contributed by atoms with van der Waals surface area (Å²) in [5, 5.41) is 9.50. The average molecular weight is 413 g/mol. The maximum absolute atomic E-state index is 5.57. The summed E-state index contributed by atoms with van der Waals surface area (Å²) in [6, 6.07) is 15.9. The summed E-state index contributed by atoms with van der Waals surface area (Å²) in [6.45, 7) is 2.65. The zero-order valence-corrected chi connectivity index (χ0v) is 17.4. The van der Waals surface area contributed by atoms with Crippen molar-refractivity contribution in [2.24, 2.45) is 0 Å². The molecule has 0 saturated carbocycles. The minimum Gasteiger partial charge on any atom is -0.497 e. The number of methoxy groups -OCH3 is 1. The van der Waals surface area contributed by atoms with Crippen molar-refractivity contribution in [3.05, 3.63) is 58.3 Å². The van der Waals surface area contributed by atoms with Crippen LogP contribution in [0.2, 0.25) is 0 Å². The summed E-state index contributed by atoms with van der Waals surface area (Å²) in [5.41, 5.74) is 1.88. The Morgan fingerprint density at radius 1 is 1.14 bits per heavy atom. The molecule has 0 amide bonds. The molecule has 2 aromatic heterocycles. The number of hydrogen-bond donors (Lipinski definition) is 0. The van der Waals surface area contributed by atoms with Crippen LogP contribution < -0.4 is 4.74 Å². The summed E-state index contributed by atoms with van der Waals surface area (Å²) < 4.78 is 10.3. The predicted octanol–water partition coefficient (Wildman–Crippen LogP) is 4.07. The van der Waals surface area contributed by atoms with Crippen LogP contribution in [-0.4, -0.2) is 43.8 Å². The Morgan fingerprint density at radius 2 is 1.89 bits per heavy atom. The smallest absolute Gasteiger partial charge is 0.221 e. The SMILES string of the molecule is COc1ccc(-n2nnn(CN(C)[C@H](C)c3nc4ccccc4s3)c2=S)cc1. The number of tetrazole rings is 1. The first-order chi connectivity index (χ1) is 13.6. The fourth-order valence-corrected chi connectivity index (χ4v) is 4.16. The number of para-hydroxylation sites is 1. The summed E-state index contributed by atoms with van der Waals surface area (Å²) >= 11 is 7.29. The van der Waals surface area contributed by atoms with Crippen LogP contribution in [0.5, 0.6) is 5.75 Å². The Morgan fingerprint density at radius 3 is 2.61 bits per heavy atom. The lowest BCUT2D eigenvalue weighted by atomic mass is 10.3. The molecule has 1 atom stereocenters. The Bertz CT molecular complexity index is 1110. The highest BCUT2D eigenvalue weighted by molar-refractivity contribution is 7.71. The zero-order chi connectivity index (χ0) is 19.7. The topological polar surface area (TPSA) is 61.0 Å². The van der Waals surface area contributed by atoms with Crippen molar-refractivity contribution < 1.29 is 4.74 Å². The molecule has 0 unspecified atom stereocenters. The van der Waals surface area contributed by atoms with Gasteiger partial charge in [-0.3, -0.25) is 4.90 Å². The third-order valence-electron chi connectivity index (χ3n) is 4.64. The molecule has 0 N–H and O–H groups in total. The van der Waals surface area contributed by atoms with E-state index in [1.165, 1.54) is 4.70 Å². The fourth-order valence-electron chi connectivity index (χ4n) is 2.84. The quantitative estimate of drug-likeness (QED) is 0.445. The highest BCUT2D eigenvalue weighted by atomic mass is 32.1. The molecule has 144 valence electrons. The predicted molar refractivity (Wildman–Crippen MR) is 113 cm³/mol. The van der Waals surface area contributed by atoms with Gasteiger partial charge < -0.3 is 4.74 Å². The van der Waals surface area contributed by atoms with E-state index in [1.54, 1.807) is 27.8 Å². The molecule has 0 aliphatic rings. The Kier molecular flexibility index (Phi) is 5.21. The van der Waals surface area contributed by atoms with Gasteiger partial charge >= 0.3 is 0 Å². The second-order valence-corrected chi connectivity index (χ2v) is 7.89. The van der Waals surface area contributed by atoms with Gasteiger partial charge in [-0.2, -0.15) is 4.68 Å². The van der Waals surface area contributed by atoms with Crippen LogP contribution in [0.25, 0.3) is 15.9 Å². The molecule has 0 radical (unpaired) electrons. The number of ether oxygens (including phenoxy) is 1. The number of benzene rings is 2. The number of hydrogen-bond acceptors (Lipinski definition) is 7. The van der Waals surface area contributed by atoms with Gasteiger partial charge in [0.2, 0.25) is 4.77 Å². The van der Waals surface area contributed by atoms with Crippen LogP contribution in [0.3, 0.4) is 0 Å². The molecule has 4 aromatic rings. The van der Waals surface area contributed by atoms with E-state index in [9.17, 15) is 0 Å². The summed E-state index contributed by atoms with van der Waals surface area (Å²) in [5.74, 6) is 0.784. The lowest BCUT2D eigenvalue weighted by molar-refractivity contribution is 0.193. The maximum Gasteiger partial charge on any atom is 0.221 e. The maximum atomic E-state index is 5.57. The van der Waals surface area contributed by atoms with E-state index in [0.717, 1.165) is 22.0 Å². The molecule has 2 aromatic carbocycles. The Labute approximate surface area is 171 Å². The second-order valence-electron chi connectivity index (χ2n) is 6.47. The molecule has 0 bridgehead atoms. The molecule has 9 heteroatoms. The van der Waals surface area contributed by atoms with Crippen molar-refractivity contribution >= 4 is 33.8 Å². The van der Waals surface area contributed by atoms with Gasteiger partial charge in [0.1, 0.15) is 10.8 Å². The lowest BCUT2D eigenvalue weighted by Gasteiger charge is -2.22. The van der Waals surface area contributed by atoms with Gasteiger partial charge in [0.05, 0.1) is 35.7 Å². The summed E-state index contributed by atoms with van der Waals surface area (Å²) in [4.78, 5) is 6.91. The van der Waals surface area contributed by atoms with E-state index in [4.69, 9.17) is 21.9 Å². The standard InChI is InChI=1S/C19H20N6OS2/c1-13(18-20-16-6-4-5-7-17(16)28-18)23(2)12-24-19(27)25(22-21-24)14-8-10-15(26-3)11-9-14/h4-11,13H,12H2,1-3H3/t13-/m1/s1. The van der Waals surface area contributed by atoms with Crippen molar-refractivity contribution in [1.29, 1.82) is 0 Å². The van der Waals surface area contributed by atoms with Crippen LogP contribution in [0.4, 0.5) is 0 Å². The van der Waals surface area contributed by atoms with Crippen molar-refractivity contribution in [3.63, 3.8) is 0 Å². The first-order valence-corrected chi connectivity index (χ1v) is 10.0. The molecule has 2 heterocycles. The van der Waals surface area contributed by atoms with Crippen LogP contribution in [0.1, 0.15) is 18.0 Å². The molecule has 7 nitrogen and oxygen atoms in total. The second kappa shape index (κ2) is 7.78. The number of fused-ring (bicyclic) bond motifs is 1. The minimum absolute atomic E-state index is 0.130. The fraction of sp³-hybridized carbons (Fsp3) is 0.263. The van der Waals surface area contributed by atoms with Gasteiger partial charge in [0.15, 0.2) is 0 Å². The molecule has 4 rings (SSSR count). The van der Waals surface area contributed by atoms with Gasteiger partial charge in [0.25, 0.3) is 0 Å². The molecule has 28 heavy (non-hydrogen) atoms. The number of nitrogens with zero attached hydrogens (tertiary/aromatic N) is 6. The molecule has 0 aliphatic carbocycles. The molecular formula is C19H20N6OS2. The van der Waals surface area contributed by atoms with E-state index in [2.05, 4.69) is 28.3 Å². The van der Waals surface area contributed by atoms with Crippen LogP contribution in [-0.2, 0) is 6.67 Å². The lowest BCUT2D eigenvalue weighted by Crippen LogP contribution is -2.26. The van der Waals surface area contributed by atoms with Gasteiger partial charge in [0, 0.05) is 0 Å². The van der Waals surface area contributed by atoms with Crippen molar-refractivity contribution in [1.82, 2.24) is 29.7 Å². The third-order valence-corrected chi connectivity index (χ3v) is 6.23. The number of rotatable bonds is 6. The summed E-state index contributed by atoms with van der Waals surface area (Å²) in [6.07, 6.45) is 0. The van der Waals surface area contributed by atoms with E-state index in [1.807, 2.05) is 49.5 Å². The minimum atomic E-state index is 0.130. The molecule has 0 aliphatic heterocycles. The van der Waals surface area contributed by atoms with E-state index >= 15 is 0 Å². The van der Waals surface area contributed by atoms with Crippen LogP contribution >= 0.6 is 23.6 Å². The first kappa shape index (κ1) is 18.7. The highest BCUT2D eigenvalue weighted by Crippen LogP contribution is 2.29. The van der Waals surface area contributed by atoms with E-state index in [-0.39, 0.29) is 6.04 Å². The average Bonchev–Trinajstić information content (AvgIpc) is 3.31. The van der Waals surface area contributed by atoms with Gasteiger partial charge in [-0.1, -0.05) is 12.1 Å². The van der Waals surface area contributed by atoms with Gasteiger partial charge in [-0.15, -0.1) is 11.3 Å². The monoisotopic (exact) mass is 412 g/mol. The van der Waals surface area contributed by atoms with E-state index < -0.39 is 0 Å². The first-order valence-electron chi connectivity index (χ1n) is 8.80. The number of thiazole rings is 1. The van der Waals surface area contributed by atoms with Gasteiger partial charge in [-0.25, -0.2) is 9.67 Å². The normalized spacial score (nSPS) is 12.6. The van der Waals surface area contributed by atoms with Crippen molar-refractivity contribution in [3.8, 4) is 11.4 Å². The van der Waals surface area contributed by atoms with Crippen molar-refractivity contribution in [2.75, 3.05) is 14.2 Å². The number of aromatic nitrogens is 5. The Balaban J connectivity index is 1.53. The van der Waals surface area contributed by atoms with Crippen LogP contribution in [0.15, 0.2) is 48.5 Å². The van der Waals surface area contributed by atoms with E-state index in [0.29, 0.717) is 11.4 Å². The summed E-state index contributed by atoms with van der Waals surface area (Å²) in [7, 11) is 3.67. The third kappa shape index (κ3) is 3.56. The zero-order valence-electron chi connectivity index (χ0n) is 15.8. The molecular weight excluding hydrogens is 392 g/mol. The molecule has 0 spiro atoms. The Hall–Kier alpha value is -2.62. The van der Waals surface area contributed by atoms with Crippen molar-refractivity contribution in [2.45, 2.75) is 19.6 Å². The molecule has 0 fully saturated rings. The highest BCUT2D eigenvalue weighted by Gasteiger charge is 2.18.